The second kappa shape index (κ2) is 8.94. The van der Waals surface area contributed by atoms with Crippen molar-refractivity contribution in [3.8, 4) is 0 Å². The highest BCUT2D eigenvalue weighted by Gasteiger charge is 2.07. The fraction of sp³-hybridized carbons (Fsp3) is 0.211. The maximum Gasteiger partial charge on any atom is 0.226 e. The van der Waals surface area contributed by atoms with Crippen molar-refractivity contribution in [1.82, 2.24) is 5.32 Å². The number of carbonyl (C=O) groups excluding carboxylic acids is 2. The minimum absolute atomic E-state index is 0.142. The van der Waals surface area contributed by atoms with Gasteiger partial charge < -0.3 is 16.0 Å². The van der Waals surface area contributed by atoms with E-state index in [1.807, 2.05) is 49.4 Å². The number of benzene rings is 2. The zero-order valence-electron chi connectivity index (χ0n) is 14.3. The van der Waals surface area contributed by atoms with Crippen LogP contribution in [0.25, 0.3) is 0 Å². The van der Waals surface area contributed by atoms with E-state index in [-0.39, 0.29) is 16.9 Å². The molecule has 0 aliphatic heterocycles. The van der Waals surface area contributed by atoms with Crippen LogP contribution in [0.5, 0.6) is 0 Å². The number of amides is 2. The number of carbonyl (C=O) groups is 2. The first-order valence-corrected chi connectivity index (χ1v) is 8.38. The van der Waals surface area contributed by atoms with E-state index in [4.69, 9.17) is 12.2 Å². The Balaban J connectivity index is 1.87. The van der Waals surface area contributed by atoms with E-state index < -0.39 is 0 Å². The number of hydrogen-bond acceptors (Lipinski definition) is 3. The van der Waals surface area contributed by atoms with Gasteiger partial charge in [0.25, 0.3) is 0 Å². The van der Waals surface area contributed by atoms with Gasteiger partial charge in [0, 0.05) is 24.7 Å². The van der Waals surface area contributed by atoms with Gasteiger partial charge in [-0.05, 0) is 48.8 Å². The molecule has 0 aliphatic carbocycles. The predicted molar refractivity (Wildman–Crippen MR) is 105 cm³/mol. The van der Waals surface area contributed by atoms with Gasteiger partial charge in [-0.3, -0.25) is 9.59 Å². The van der Waals surface area contributed by atoms with Crippen LogP contribution in [0.3, 0.4) is 0 Å². The number of thiocarbonyl (C=S) groups is 1. The maximum absolute atomic E-state index is 12.0. The first kappa shape index (κ1) is 18.6. The monoisotopic (exact) mass is 355 g/mol. The topological polar surface area (TPSA) is 70.2 Å². The summed E-state index contributed by atoms with van der Waals surface area (Å²) >= 11 is 5.18. The third-order valence-electron chi connectivity index (χ3n) is 3.54. The molecule has 0 aliphatic rings. The van der Waals surface area contributed by atoms with Crippen LogP contribution in [0.1, 0.15) is 24.5 Å². The molecule has 2 aromatic rings. The number of aryl methyl sites for hydroxylation is 2. The van der Waals surface area contributed by atoms with E-state index in [0.29, 0.717) is 24.2 Å². The summed E-state index contributed by atoms with van der Waals surface area (Å²) in [5, 5.41) is 8.62. The van der Waals surface area contributed by atoms with Crippen LogP contribution in [0, 0.1) is 6.92 Å². The molecule has 130 valence electrons. The normalized spacial score (nSPS) is 10.0. The van der Waals surface area contributed by atoms with Crippen molar-refractivity contribution in [2.45, 2.75) is 26.7 Å². The van der Waals surface area contributed by atoms with Crippen molar-refractivity contribution in [3.05, 3.63) is 59.7 Å². The lowest BCUT2D eigenvalue weighted by molar-refractivity contribution is -0.119. The summed E-state index contributed by atoms with van der Waals surface area (Å²) in [6, 6.07) is 15.3. The first-order chi connectivity index (χ1) is 11.9. The van der Waals surface area contributed by atoms with Gasteiger partial charge in [0.05, 0.1) is 0 Å². The number of rotatable bonds is 5. The van der Waals surface area contributed by atoms with Crippen LogP contribution in [0.2, 0.25) is 0 Å². The molecule has 3 N–H and O–H groups in total. The van der Waals surface area contributed by atoms with Crippen LogP contribution in [0.4, 0.5) is 11.4 Å². The second-order valence-electron chi connectivity index (χ2n) is 5.70. The van der Waals surface area contributed by atoms with Crippen molar-refractivity contribution in [3.63, 3.8) is 0 Å². The summed E-state index contributed by atoms with van der Waals surface area (Å²) in [7, 11) is 0. The van der Waals surface area contributed by atoms with Gasteiger partial charge in [0.1, 0.15) is 0 Å². The van der Waals surface area contributed by atoms with E-state index in [9.17, 15) is 9.59 Å². The van der Waals surface area contributed by atoms with Gasteiger partial charge in [-0.1, -0.05) is 36.4 Å². The highest BCUT2D eigenvalue weighted by atomic mass is 32.1. The van der Waals surface area contributed by atoms with E-state index >= 15 is 0 Å². The van der Waals surface area contributed by atoms with Crippen LogP contribution >= 0.6 is 12.2 Å². The highest BCUT2D eigenvalue weighted by Crippen LogP contribution is 2.20. The molecule has 0 spiro atoms. The Kier molecular flexibility index (Phi) is 6.65. The summed E-state index contributed by atoms with van der Waals surface area (Å²) in [6.45, 7) is 3.36. The molecular weight excluding hydrogens is 334 g/mol. The Hall–Kier alpha value is -2.73. The van der Waals surface area contributed by atoms with Gasteiger partial charge >= 0.3 is 0 Å². The summed E-state index contributed by atoms with van der Waals surface area (Å²) in [6.07, 6.45) is 1.02. The molecule has 2 aromatic carbocycles. The van der Waals surface area contributed by atoms with Gasteiger partial charge in [0.15, 0.2) is 5.11 Å². The quantitative estimate of drug-likeness (QED) is 0.719. The molecule has 0 bridgehead atoms. The standard InChI is InChI=1S/C19H21N3O2S/c1-13-8-10-16(12-17(13)20-14(2)23)21-19(25)22-18(24)11-9-15-6-4-3-5-7-15/h3-8,10,12H,9,11H2,1-2H3,(H,20,23)(H2,21,22,24,25). The summed E-state index contributed by atoms with van der Waals surface area (Å²) in [5.41, 5.74) is 3.45. The Morgan fingerprint density at radius 2 is 1.76 bits per heavy atom. The number of nitrogens with one attached hydrogen (secondary N) is 3. The Bertz CT molecular complexity index is 775. The average molecular weight is 355 g/mol. The Labute approximate surface area is 152 Å². The van der Waals surface area contributed by atoms with Crippen molar-refractivity contribution in [1.29, 1.82) is 0 Å². The molecule has 0 saturated carbocycles. The molecule has 0 unspecified atom stereocenters. The van der Waals surface area contributed by atoms with Gasteiger partial charge in [-0.15, -0.1) is 0 Å². The molecule has 5 nitrogen and oxygen atoms in total. The van der Waals surface area contributed by atoms with E-state index in [1.54, 1.807) is 6.07 Å². The highest BCUT2D eigenvalue weighted by molar-refractivity contribution is 7.80. The molecule has 0 saturated heterocycles. The minimum Gasteiger partial charge on any atom is -0.332 e. The molecule has 0 heterocycles. The molecule has 0 radical (unpaired) electrons. The average Bonchev–Trinajstić information content (AvgIpc) is 2.56. The molecule has 2 amide bonds. The van der Waals surface area contributed by atoms with Crippen molar-refractivity contribution >= 4 is 40.5 Å². The lowest BCUT2D eigenvalue weighted by atomic mass is 10.1. The third kappa shape index (κ3) is 6.35. The Morgan fingerprint density at radius 3 is 2.44 bits per heavy atom. The number of hydrogen-bond donors (Lipinski definition) is 3. The molecule has 0 atom stereocenters. The van der Waals surface area contributed by atoms with E-state index in [0.717, 1.165) is 11.1 Å². The predicted octanol–water partition coefficient (Wildman–Crippen LogP) is 3.40. The smallest absolute Gasteiger partial charge is 0.226 e. The van der Waals surface area contributed by atoms with E-state index in [1.165, 1.54) is 6.92 Å². The van der Waals surface area contributed by atoms with Crippen molar-refractivity contribution in [2.24, 2.45) is 0 Å². The zero-order valence-corrected chi connectivity index (χ0v) is 15.1. The van der Waals surface area contributed by atoms with Crippen LogP contribution in [-0.4, -0.2) is 16.9 Å². The number of anilines is 2. The second-order valence-corrected chi connectivity index (χ2v) is 6.11. The van der Waals surface area contributed by atoms with Crippen molar-refractivity contribution < 1.29 is 9.59 Å². The largest absolute Gasteiger partial charge is 0.332 e. The lowest BCUT2D eigenvalue weighted by Gasteiger charge is -2.12. The van der Waals surface area contributed by atoms with Crippen LogP contribution < -0.4 is 16.0 Å². The fourth-order valence-electron chi connectivity index (χ4n) is 2.28. The molecule has 6 heteroatoms. The van der Waals surface area contributed by atoms with Crippen molar-refractivity contribution in [2.75, 3.05) is 10.6 Å². The molecular formula is C19H21N3O2S. The third-order valence-corrected chi connectivity index (χ3v) is 3.75. The van der Waals surface area contributed by atoms with Gasteiger partial charge in [-0.2, -0.15) is 0 Å². The molecule has 0 fully saturated rings. The summed E-state index contributed by atoms with van der Waals surface area (Å²) in [4.78, 5) is 23.2. The van der Waals surface area contributed by atoms with E-state index in [2.05, 4.69) is 16.0 Å². The lowest BCUT2D eigenvalue weighted by Crippen LogP contribution is -2.34. The molecule has 2 rings (SSSR count). The summed E-state index contributed by atoms with van der Waals surface area (Å²) < 4.78 is 0. The fourth-order valence-corrected chi connectivity index (χ4v) is 2.51. The van der Waals surface area contributed by atoms with Crippen LogP contribution in [-0.2, 0) is 16.0 Å². The Morgan fingerprint density at radius 1 is 1.04 bits per heavy atom. The van der Waals surface area contributed by atoms with Gasteiger partial charge in [-0.25, -0.2) is 0 Å². The maximum atomic E-state index is 12.0. The first-order valence-electron chi connectivity index (χ1n) is 7.97. The van der Waals surface area contributed by atoms with Gasteiger partial charge in [0.2, 0.25) is 11.8 Å². The van der Waals surface area contributed by atoms with Crippen LogP contribution in [0.15, 0.2) is 48.5 Å². The molecule has 0 aromatic heterocycles. The zero-order chi connectivity index (χ0) is 18.2. The summed E-state index contributed by atoms with van der Waals surface area (Å²) in [5.74, 6) is -0.285. The minimum atomic E-state index is -0.143. The molecule has 25 heavy (non-hydrogen) atoms. The SMILES string of the molecule is CC(=O)Nc1cc(NC(=S)NC(=O)CCc2ccccc2)ccc1C.